The molecule has 0 bridgehead atoms. The lowest BCUT2D eigenvalue weighted by Gasteiger charge is -2.10. The molecule has 0 atom stereocenters. The van der Waals surface area contributed by atoms with Gasteiger partial charge in [-0.1, -0.05) is 30.1 Å². The third-order valence-electron chi connectivity index (χ3n) is 2.59. The fourth-order valence-corrected chi connectivity index (χ4v) is 2.14. The van der Waals surface area contributed by atoms with Gasteiger partial charge in [0.05, 0.1) is 10.7 Å². The summed E-state index contributed by atoms with van der Waals surface area (Å²) in [6.45, 7) is 4.90. The minimum atomic E-state index is 0.507. The van der Waals surface area contributed by atoms with Crippen LogP contribution in [0.4, 0.5) is 17.5 Å². The first-order valence-corrected chi connectivity index (χ1v) is 7.15. The van der Waals surface area contributed by atoms with E-state index in [0.29, 0.717) is 16.0 Å². The third kappa shape index (κ3) is 3.99. The Labute approximate surface area is 128 Å². The van der Waals surface area contributed by atoms with E-state index in [9.17, 15) is 0 Å². The Bertz CT molecular complexity index is 602. The van der Waals surface area contributed by atoms with Gasteiger partial charge in [-0.3, -0.25) is 0 Å². The van der Waals surface area contributed by atoms with Crippen molar-refractivity contribution in [3.8, 4) is 0 Å². The molecule has 1 aromatic carbocycles. The number of nitrogens with one attached hydrogen (secondary N) is 2. The van der Waals surface area contributed by atoms with Crippen LogP contribution in [-0.2, 0) is 0 Å². The normalized spacial score (nSPS) is 10.4. The van der Waals surface area contributed by atoms with Crippen molar-refractivity contribution in [2.24, 2.45) is 0 Å². The van der Waals surface area contributed by atoms with Crippen LogP contribution in [-0.4, -0.2) is 16.5 Å². The molecule has 1 heterocycles. The lowest BCUT2D eigenvalue weighted by molar-refractivity contribution is 0.962. The second-order valence-corrected chi connectivity index (χ2v) is 5.24. The van der Waals surface area contributed by atoms with E-state index in [1.165, 1.54) is 0 Å². The zero-order valence-electron chi connectivity index (χ0n) is 11.4. The van der Waals surface area contributed by atoms with Gasteiger partial charge in [0.25, 0.3) is 0 Å². The van der Waals surface area contributed by atoms with Crippen molar-refractivity contribution in [1.82, 2.24) is 9.97 Å². The van der Waals surface area contributed by atoms with Crippen LogP contribution in [0.15, 0.2) is 24.3 Å². The van der Waals surface area contributed by atoms with Gasteiger partial charge in [-0.15, -0.1) is 0 Å². The Kier molecular flexibility index (Phi) is 5.04. The van der Waals surface area contributed by atoms with E-state index in [2.05, 4.69) is 27.5 Å². The van der Waals surface area contributed by atoms with Gasteiger partial charge < -0.3 is 10.6 Å². The average molecular weight is 311 g/mol. The molecule has 0 saturated carbocycles. The predicted octanol–water partition coefficient (Wildman–Crippen LogP) is 4.66. The zero-order chi connectivity index (χ0) is 14.5. The number of aryl methyl sites for hydroxylation is 1. The van der Waals surface area contributed by atoms with Crippen LogP contribution in [0.5, 0.6) is 0 Å². The standard InChI is InChI=1S/C14H16Cl2N4/c1-3-6-17-13-7-9(2)18-14(20-13)19-12-5-4-10(15)8-11(12)16/h4-5,7-8H,3,6H2,1-2H3,(H2,17,18,19,20). The van der Waals surface area contributed by atoms with Gasteiger partial charge in [-0.25, -0.2) is 4.98 Å². The van der Waals surface area contributed by atoms with E-state index in [-0.39, 0.29) is 0 Å². The third-order valence-corrected chi connectivity index (χ3v) is 3.14. The number of anilines is 3. The van der Waals surface area contributed by atoms with Crippen LogP contribution >= 0.6 is 23.2 Å². The van der Waals surface area contributed by atoms with Gasteiger partial charge >= 0.3 is 0 Å². The van der Waals surface area contributed by atoms with Gasteiger partial charge in [0.1, 0.15) is 5.82 Å². The van der Waals surface area contributed by atoms with Crippen molar-refractivity contribution in [3.05, 3.63) is 40.0 Å². The van der Waals surface area contributed by atoms with Crippen molar-refractivity contribution in [3.63, 3.8) is 0 Å². The molecule has 0 saturated heterocycles. The van der Waals surface area contributed by atoms with Gasteiger partial charge in [0.15, 0.2) is 0 Å². The van der Waals surface area contributed by atoms with E-state index in [1.54, 1.807) is 18.2 Å². The molecule has 2 aromatic rings. The maximum absolute atomic E-state index is 6.12. The summed E-state index contributed by atoms with van der Waals surface area (Å²) in [4.78, 5) is 8.75. The highest BCUT2D eigenvalue weighted by Gasteiger charge is 2.06. The number of benzene rings is 1. The van der Waals surface area contributed by atoms with Gasteiger partial charge in [0.2, 0.25) is 5.95 Å². The van der Waals surface area contributed by atoms with Crippen molar-refractivity contribution in [2.75, 3.05) is 17.2 Å². The number of aromatic nitrogens is 2. The largest absolute Gasteiger partial charge is 0.370 e. The molecule has 0 spiro atoms. The molecule has 0 amide bonds. The summed E-state index contributed by atoms with van der Waals surface area (Å²) in [5.74, 6) is 1.31. The summed E-state index contributed by atoms with van der Waals surface area (Å²) < 4.78 is 0. The summed E-state index contributed by atoms with van der Waals surface area (Å²) >= 11 is 12.0. The Balaban J connectivity index is 2.21. The number of hydrogen-bond acceptors (Lipinski definition) is 4. The van der Waals surface area contributed by atoms with Crippen LogP contribution in [0.1, 0.15) is 19.0 Å². The Hall–Kier alpha value is -1.52. The minimum Gasteiger partial charge on any atom is -0.370 e. The van der Waals surface area contributed by atoms with Gasteiger partial charge in [-0.2, -0.15) is 4.98 Å². The van der Waals surface area contributed by atoms with E-state index in [4.69, 9.17) is 23.2 Å². The van der Waals surface area contributed by atoms with Gasteiger partial charge in [0, 0.05) is 23.3 Å². The maximum atomic E-state index is 6.12. The monoisotopic (exact) mass is 310 g/mol. The Morgan fingerprint density at radius 3 is 2.65 bits per heavy atom. The minimum absolute atomic E-state index is 0.507. The molecule has 2 N–H and O–H groups in total. The summed E-state index contributed by atoms with van der Waals surface area (Å²) in [6.07, 6.45) is 1.04. The number of rotatable bonds is 5. The van der Waals surface area contributed by atoms with Crippen LogP contribution < -0.4 is 10.6 Å². The Morgan fingerprint density at radius 2 is 1.95 bits per heavy atom. The summed E-state index contributed by atoms with van der Waals surface area (Å²) in [7, 11) is 0. The lowest BCUT2D eigenvalue weighted by atomic mass is 10.3. The number of hydrogen-bond donors (Lipinski definition) is 2. The van der Waals surface area contributed by atoms with E-state index in [1.807, 2.05) is 13.0 Å². The molecule has 106 valence electrons. The fourth-order valence-electron chi connectivity index (χ4n) is 1.68. The quantitative estimate of drug-likeness (QED) is 0.843. The fraction of sp³-hybridized carbons (Fsp3) is 0.286. The van der Waals surface area contributed by atoms with Crippen molar-refractivity contribution in [2.45, 2.75) is 20.3 Å². The smallest absolute Gasteiger partial charge is 0.229 e. The van der Waals surface area contributed by atoms with Crippen LogP contribution in [0.2, 0.25) is 10.0 Å². The highest BCUT2D eigenvalue weighted by molar-refractivity contribution is 6.36. The van der Waals surface area contributed by atoms with E-state index < -0.39 is 0 Å². The highest BCUT2D eigenvalue weighted by atomic mass is 35.5. The zero-order valence-corrected chi connectivity index (χ0v) is 12.9. The number of halogens is 2. The lowest BCUT2D eigenvalue weighted by Crippen LogP contribution is -2.06. The molecule has 0 aliphatic rings. The summed E-state index contributed by atoms with van der Waals surface area (Å²) in [6, 6.07) is 7.15. The highest BCUT2D eigenvalue weighted by Crippen LogP contribution is 2.27. The molecule has 2 rings (SSSR count). The van der Waals surface area contributed by atoms with Gasteiger partial charge in [-0.05, 0) is 31.5 Å². The van der Waals surface area contributed by atoms with E-state index >= 15 is 0 Å². The topological polar surface area (TPSA) is 49.8 Å². The van der Waals surface area contributed by atoms with Crippen LogP contribution in [0, 0.1) is 6.92 Å². The first kappa shape index (κ1) is 14.9. The molecule has 0 unspecified atom stereocenters. The first-order chi connectivity index (χ1) is 9.58. The van der Waals surface area contributed by atoms with E-state index in [0.717, 1.165) is 30.2 Å². The molecule has 20 heavy (non-hydrogen) atoms. The number of nitrogens with zero attached hydrogens (tertiary/aromatic N) is 2. The predicted molar refractivity (Wildman–Crippen MR) is 85.3 cm³/mol. The van der Waals surface area contributed by atoms with Crippen LogP contribution in [0.3, 0.4) is 0 Å². The molecule has 0 radical (unpaired) electrons. The molecule has 6 heteroatoms. The molecular formula is C14H16Cl2N4. The van der Waals surface area contributed by atoms with Crippen molar-refractivity contribution < 1.29 is 0 Å². The van der Waals surface area contributed by atoms with Crippen LogP contribution in [0.25, 0.3) is 0 Å². The molecular weight excluding hydrogens is 295 g/mol. The SMILES string of the molecule is CCCNc1cc(C)nc(Nc2ccc(Cl)cc2Cl)n1. The van der Waals surface area contributed by atoms with Crippen molar-refractivity contribution in [1.29, 1.82) is 0 Å². The molecule has 1 aromatic heterocycles. The first-order valence-electron chi connectivity index (χ1n) is 6.40. The molecule has 0 aliphatic carbocycles. The summed E-state index contributed by atoms with van der Waals surface area (Å²) in [5.41, 5.74) is 1.61. The summed E-state index contributed by atoms with van der Waals surface area (Å²) in [5, 5.41) is 7.47. The second-order valence-electron chi connectivity index (χ2n) is 4.39. The molecule has 0 fully saturated rings. The maximum Gasteiger partial charge on any atom is 0.229 e. The second kappa shape index (κ2) is 6.77. The average Bonchev–Trinajstić information content (AvgIpc) is 2.39. The van der Waals surface area contributed by atoms with Crippen molar-refractivity contribution >= 4 is 40.7 Å². The molecule has 4 nitrogen and oxygen atoms in total. The molecule has 0 aliphatic heterocycles. The Morgan fingerprint density at radius 1 is 1.15 bits per heavy atom.